The molecule has 1 heterocycles. The van der Waals surface area contributed by atoms with Crippen LogP contribution in [0.5, 0.6) is 0 Å². The molecule has 0 aromatic heterocycles. The maximum absolute atomic E-state index is 12.0. The number of amides is 1. The van der Waals surface area contributed by atoms with E-state index >= 15 is 0 Å². The highest BCUT2D eigenvalue weighted by atomic mass is 16.2. The molecule has 2 aromatic rings. The molecule has 106 valence electrons. The summed E-state index contributed by atoms with van der Waals surface area (Å²) in [7, 11) is 0. The Kier molecular flexibility index (Phi) is 3.35. The standard InChI is InChI=1S/C18H18N2O/c1-2-17(21)20-12-14-8-6-7-11-16(14)18(19,13-20)15-9-4-3-5-10-15/h2-11H,1,12-13,19H2. The van der Waals surface area contributed by atoms with Gasteiger partial charge in [-0.05, 0) is 22.8 Å². The number of carbonyl (C=O) groups excluding carboxylic acids is 1. The van der Waals surface area contributed by atoms with Crippen molar-refractivity contribution in [1.29, 1.82) is 0 Å². The largest absolute Gasteiger partial charge is 0.332 e. The van der Waals surface area contributed by atoms with Crippen molar-refractivity contribution >= 4 is 5.91 Å². The molecule has 0 fully saturated rings. The molecule has 1 aliphatic rings. The first-order chi connectivity index (χ1) is 10.1. The van der Waals surface area contributed by atoms with Crippen LogP contribution in [0.1, 0.15) is 16.7 Å². The van der Waals surface area contributed by atoms with Crippen LogP contribution in [-0.4, -0.2) is 17.4 Å². The Morgan fingerprint density at radius 3 is 2.52 bits per heavy atom. The van der Waals surface area contributed by atoms with Crippen molar-refractivity contribution in [3.63, 3.8) is 0 Å². The van der Waals surface area contributed by atoms with Gasteiger partial charge in [-0.3, -0.25) is 4.79 Å². The van der Waals surface area contributed by atoms with Gasteiger partial charge < -0.3 is 10.6 Å². The molecular weight excluding hydrogens is 260 g/mol. The minimum absolute atomic E-state index is 0.0877. The van der Waals surface area contributed by atoms with E-state index in [2.05, 4.69) is 12.6 Å². The van der Waals surface area contributed by atoms with Crippen molar-refractivity contribution in [3.8, 4) is 0 Å². The van der Waals surface area contributed by atoms with E-state index in [0.717, 1.165) is 16.7 Å². The third kappa shape index (κ3) is 2.26. The van der Waals surface area contributed by atoms with E-state index in [9.17, 15) is 4.79 Å². The molecule has 21 heavy (non-hydrogen) atoms. The van der Waals surface area contributed by atoms with Crippen LogP contribution in [0.2, 0.25) is 0 Å². The molecule has 0 radical (unpaired) electrons. The van der Waals surface area contributed by atoms with E-state index in [-0.39, 0.29) is 5.91 Å². The van der Waals surface area contributed by atoms with Gasteiger partial charge in [0.25, 0.3) is 0 Å². The van der Waals surface area contributed by atoms with Crippen LogP contribution < -0.4 is 5.73 Å². The Balaban J connectivity index is 2.14. The van der Waals surface area contributed by atoms with Gasteiger partial charge in [0, 0.05) is 13.1 Å². The Bertz CT molecular complexity index is 681. The van der Waals surface area contributed by atoms with Crippen LogP contribution in [0.25, 0.3) is 0 Å². The number of fused-ring (bicyclic) bond motifs is 1. The summed E-state index contributed by atoms with van der Waals surface area (Å²) in [6, 6.07) is 18.0. The zero-order chi connectivity index (χ0) is 14.9. The fourth-order valence-corrected chi connectivity index (χ4v) is 3.01. The van der Waals surface area contributed by atoms with Crippen LogP contribution in [-0.2, 0) is 16.9 Å². The van der Waals surface area contributed by atoms with E-state index in [1.165, 1.54) is 6.08 Å². The molecule has 3 rings (SSSR count). The molecule has 0 aliphatic carbocycles. The van der Waals surface area contributed by atoms with Crippen molar-refractivity contribution < 1.29 is 4.79 Å². The lowest BCUT2D eigenvalue weighted by atomic mass is 9.78. The quantitative estimate of drug-likeness (QED) is 0.858. The number of rotatable bonds is 2. The highest BCUT2D eigenvalue weighted by Crippen LogP contribution is 2.35. The number of nitrogens with two attached hydrogens (primary N) is 1. The molecular formula is C18H18N2O. The van der Waals surface area contributed by atoms with E-state index in [4.69, 9.17) is 5.73 Å². The Labute approximate surface area is 124 Å². The molecule has 0 bridgehead atoms. The lowest BCUT2D eigenvalue weighted by Crippen LogP contribution is -2.53. The molecule has 0 saturated carbocycles. The minimum atomic E-state index is -0.686. The third-order valence-electron chi connectivity index (χ3n) is 4.07. The van der Waals surface area contributed by atoms with Crippen molar-refractivity contribution in [1.82, 2.24) is 4.90 Å². The van der Waals surface area contributed by atoms with Gasteiger partial charge in [0.2, 0.25) is 5.91 Å². The van der Waals surface area contributed by atoms with Crippen LogP contribution in [0.3, 0.4) is 0 Å². The predicted octanol–water partition coefficient (Wildman–Crippen LogP) is 2.42. The zero-order valence-corrected chi connectivity index (χ0v) is 11.8. The van der Waals surface area contributed by atoms with E-state index in [1.54, 1.807) is 4.90 Å². The van der Waals surface area contributed by atoms with Gasteiger partial charge in [-0.25, -0.2) is 0 Å². The van der Waals surface area contributed by atoms with E-state index < -0.39 is 5.54 Å². The highest BCUT2D eigenvalue weighted by molar-refractivity contribution is 5.87. The van der Waals surface area contributed by atoms with Crippen LogP contribution in [0.15, 0.2) is 67.3 Å². The summed E-state index contributed by atoms with van der Waals surface area (Å²) in [6.07, 6.45) is 1.35. The summed E-state index contributed by atoms with van der Waals surface area (Å²) < 4.78 is 0. The number of nitrogens with zero attached hydrogens (tertiary/aromatic N) is 1. The average Bonchev–Trinajstić information content (AvgIpc) is 2.55. The van der Waals surface area contributed by atoms with Gasteiger partial charge in [0.05, 0.1) is 5.54 Å². The fourth-order valence-electron chi connectivity index (χ4n) is 3.01. The molecule has 2 aromatic carbocycles. The molecule has 1 amide bonds. The van der Waals surface area contributed by atoms with Gasteiger partial charge in [0.1, 0.15) is 0 Å². The van der Waals surface area contributed by atoms with Crippen LogP contribution in [0, 0.1) is 0 Å². The number of carbonyl (C=O) groups is 1. The second kappa shape index (κ2) is 5.19. The topological polar surface area (TPSA) is 46.3 Å². The SMILES string of the molecule is C=CC(=O)N1Cc2ccccc2C(N)(c2ccccc2)C1. The van der Waals surface area contributed by atoms with Crippen molar-refractivity contribution in [3.05, 3.63) is 83.9 Å². The van der Waals surface area contributed by atoms with Gasteiger partial charge in [-0.2, -0.15) is 0 Å². The van der Waals surface area contributed by atoms with E-state index in [1.807, 2.05) is 48.5 Å². The molecule has 1 unspecified atom stereocenters. The third-order valence-corrected chi connectivity index (χ3v) is 4.07. The molecule has 1 atom stereocenters. The molecule has 2 N–H and O–H groups in total. The van der Waals surface area contributed by atoms with Crippen LogP contribution >= 0.6 is 0 Å². The fraction of sp³-hybridized carbons (Fsp3) is 0.167. The number of hydrogen-bond donors (Lipinski definition) is 1. The summed E-state index contributed by atoms with van der Waals surface area (Å²) in [4.78, 5) is 13.8. The summed E-state index contributed by atoms with van der Waals surface area (Å²) in [5.41, 5.74) is 9.25. The summed E-state index contributed by atoms with van der Waals surface area (Å²) >= 11 is 0. The molecule has 1 aliphatic heterocycles. The van der Waals surface area contributed by atoms with Crippen LogP contribution in [0.4, 0.5) is 0 Å². The molecule has 0 saturated heterocycles. The monoisotopic (exact) mass is 278 g/mol. The summed E-state index contributed by atoms with van der Waals surface area (Å²) in [5, 5.41) is 0. The second-order valence-electron chi connectivity index (χ2n) is 5.39. The Morgan fingerprint density at radius 1 is 1.14 bits per heavy atom. The number of benzene rings is 2. The second-order valence-corrected chi connectivity index (χ2v) is 5.39. The average molecular weight is 278 g/mol. The van der Waals surface area contributed by atoms with E-state index in [0.29, 0.717) is 13.1 Å². The van der Waals surface area contributed by atoms with Crippen molar-refractivity contribution in [2.45, 2.75) is 12.1 Å². The smallest absolute Gasteiger partial charge is 0.246 e. The summed E-state index contributed by atoms with van der Waals surface area (Å²) in [6.45, 7) is 4.61. The zero-order valence-electron chi connectivity index (χ0n) is 11.8. The molecule has 3 heteroatoms. The highest BCUT2D eigenvalue weighted by Gasteiger charge is 2.38. The Hall–Kier alpha value is -2.39. The minimum Gasteiger partial charge on any atom is -0.332 e. The lowest BCUT2D eigenvalue weighted by molar-refractivity contribution is -0.127. The predicted molar refractivity (Wildman–Crippen MR) is 83.5 cm³/mol. The first-order valence-electron chi connectivity index (χ1n) is 6.99. The maximum atomic E-state index is 12.0. The first-order valence-corrected chi connectivity index (χ1v) is 6.99. The maximum Gasteiger partial charge on any atom is 0.246 e. The summed E-state index contributed by atoms with van der Waals surface area (Å²) in [5.74, 6) is -0.0877. The Morgan fingerprint density at radius 2 is 1.81 bits per heavy atom. The molecule has 0 spiro atoms. The van der Waals surface area contributed by atoms with Gasteiger partial charge in [-0.15, -0.1) is 0 Å². The van der Waals surface area contributed by atoms with Gasteiger partial charge >= 0.3 is 0 Å². The van der Waals surface area contributed by atoms with Crippen molar-refractivity contribution in [2.75, 3.05) is 6.54 Å². The van der Waals surface area contributed by atoms with Crippen molar-refractivity contribution in [2.24, 2.45) is 5.73 Å². The van der Waals surface area contributed by atoms with Gasteiger partial charge in [0.15, 0.2) is 0 Å². The lowest BCUT2D eigenvalue weighted by Gasteiger charge is -2.42. The van der Waals surface area contributed by atoms with Gasteiger partial charge in [-0.1, -0.05) is 61.2 Å². The normalized spacial score (nSPS) is 20.7. The first kappa shape index (κ1) is 13.6. The molecule has 3 nitrogen and oxygen atoms in total. The number of hydrogen-bond acceptors (Lipinski definition) is 2.